The van der Waals surface area contributed by atoms with E-state index >= 15 is 0 Å². The lowest BCUT2D eigenvalue weighted by Gasteiger charge is -2.52. The maximum atomic E-state index is 13.5. The maximum Gasteiger partial charge on any atom is 0.416 e. The Morgan fingerprint density at radius 3 is 2.29 bits per heavy atom. The summed E-state index contributed by atoms with van der Waals surface area (Å²) in [5.41, 5.74) is -4.95. The third kappa shape index (κ3) is 5.65. The second-order valence-corrected chi connectivity index (χ2v) is 11.5. The minimum absolute atomic E-state index is 0.00556. The highest BCUT2D eigenvalue weighted by molar-refractivity contribution is 5.85. The smallest absolute Gasteiger partial charge is 0.416 e. The highest BCUT2D eigenvalue weighted by Gasteiger charge is 2.44. The van der Waals surface area contributed by atoms with Crippen LogP contribution in [0.1, 0.15) is 35.6 Å². The average molecular weight is 631 g/mol. The van der Waals surface area contributed by atoms with Gasteiger partial charge in [0.15, 0.2) is 0 Å². The van der Waals surface area contributed by atoms with E-state index in [2.05, 4.69) is 27.1 Å². The van der Waals surface area contributed by atoms with E-state index in [1.165, 1.54) is 7.11 Å². The number of anilines is 3. The minimum Gasteiger partial charge on any atom is -0.497 e. The fraction of sp³-hybridized carbons (Fsp3) is 0.344. The third-order valence-corrected chi connectivity index (χ3v) is 8.92. The van der Waals surface area contributed by atoms with E-state index in [1.807, 2.05) is 6.08 Å². The summed E-state index contributed by atoms with van der Waals surface area (Å²) in [5, 5.41) is 6.30. The quantitative estimate of drug-likeness (QED) is 0.128. The van der Waals surface area contributed by atoms with Gasteiger partial charge in [-0.3, -0.25) is 19.5 Å². The van der Waals surface area contributed by atoms with E-state index in [9.17, 15) is 35.9 Å². The SMILES string of the molecule is C=C[C@H]1CN2CC[C@H]1C[C@H]2[C@@H](Nc1c(Nc2cc(C(F)(F)F)cc(C(F)(F)F)c2)c(=O)c1=O)c1ccnc2ccc(OC)cc12. The van der Waals surface area contributed by atoms with Crippen LogP contribution in [0, 0.1) is 11.8 Å². The molecule has 0 radical (unpaired) electrons. The highest BCUT2D eigenvalue weighted by atomic mass is 19.4. The number of benzene rings is 2. The summed E-state index contributed by atoms with van der Waals surface area (Å²) in [4.78, 5) is 32.4. The fourth-order valence-electron chi connectivity index (χ4n) is 6.63. The summed E-state index contributed by atoms with van der Waals surface area (Å²) in [6, 6.07) is 7.29. The lowest BCUT2D eigenvalue weighted by Crippen LogP contribution is -2.56. The van der Waals surface area contributed by atoms with Crippen LogP contribution in [0.3, 0.4) is 0 Å². The molecule has 5 atom stereocenters. The topological polar surface area (TPSA) is 83.6 Å². The number of halogens is 6. The van der Waals surface area contributed by atoms with Gasteiger partial charge in [-0.1, -0.05) is 6.08 Å². The second-order valence-electron chi connectivity index (χ2n) is 11.5. The number of rotatable bonds is 8. The number of alkyl halides is 6. The van der Waals surface area contributed by atoms with Crippen LogP contribution in [-0.2, 0) is 12.4 Å². The van der Waals surface area contributed by atoms with Crippen LogP contribution in [0.25, 0.3) is 10.9 Å². The van der Waals surface area contributed by atoms with E-state index in [-0.39, 0.29) is 23.7 Å². The van der Waals surface area contributed by atoms with Crippen molar-refractivity contribution in [2.75, 3.05) is 30.8 Å². The molecule has 7 rings (SSSR count). The standard InChI is InChI=1S/C32H28F6N4O3/c1-3-16-15-42-9-7-17(16)10-25(42)26(22-6-8-39-24-5-4-21(45-2)14-23(22)24)41-28-27(29(43)30(28)44)40-20-12-18(31(33,34)35)11-19(13-20)32(36,37)38/h3-6,8,11-14,16-17,25-26,40-41H,1,7,9-10,15H2,2H3/t16-,17-,25-,26-/m0/s1. The molecule has 4 heterocycles. The molecule has 3 aliphatic rings. The van der Waals surface area contributed by atoms with Gasteiger partial charge in [-0.2, -0.15) is 26.3 Å². The van der Waals surface area contributed by atoms with Crippen molar-refractivity contribution in [1.82, 2.24) is 9.88 Å². The number of pyridine rings is 1. The highest BCUT2D eigenvalue weighted by Crippen LogP contribution is 2.44. The van der Waals surface area contributed by atoms with Crippen molar-refractivity contribution in [3.05, 3.63) is 98.5 Å². The molecular weight excluding hydrogens is 602 g/mol. The van der Waals surface area contributed by atoms with Gasteiger partial charge in [0.1, 0.15) is 17.1 Å². The lowest BCUT2D eigenvalue weighted by molar-refractivity contribution is -0.143. The van der Waals surface area contributed by atoms with Crippen molar-refractivity contribution in [2.45, 2.75) is 37.3 Å². The van der Waals surface area contributed by atoms with Gasteiger partial charge in [0, 0.05) is 29.9 Å². The fourth-order valence-corrected chi connectivity index (χ4v) is 6.63. The minimum atomic E-state index is -5.08. The largest absolute Gasteiger partial charge is 0.497 e. The van der Waals surface area contributed by atoms with Crippen molar-refractivity contribution >= 4 is 28.0 Å². The van der Waals surface area contributed by atoms with Gasteiger partial charge in [-0.15, -0.1) is 6.58 Å². The number of methoxy groups -OCH3 is 1. The van der Waals surface area contributed by atoms with Crippen LogP contribution in [0.15, 0.2) is 70.9 Å². The Morgan fingerprint density at radius 2 is 1.69 bits per heavy atom. The van der Waals surface area contributed by atoms with Gasteiger partial charge in [-0.25, -0.2) is 0 Å². The Hall–Kier alpha value is -4.39. The number of nitrogens with zero attached hydrogens (tertiary/aromatic N) is 2. The average Bonchev–Trinajstić information content (AvgIpc) is 3.03. The zero-order chi connectivity index (χ0) is 32.3. The number of hydrogen-bond acceptors (Lipinski definition) is 7. The Balaban J connectivity index is 1.43. The van der Waals surface area contributed by atoms with Gasteiger partial charge in [0.2, 0.25) is 0 Å². The Bertz CT molecular complexity index is 1810. The molecular formula is C32H28F6N4O3. The zero-order valence-corrected chi connectivity index (χ0v) is 23.9. The number of ether oxygens (including phenoxy) is 1. The molecule has 3 fully saturated rings. The molecule has 3 saturated heterocycles. The predicted molar refractivity (Wildman–Crippen MR) is 158 cm³/mol. The summed E-state index contributed by atoms with van der Waals surface area (Å²) < 4.78 is 86.4. The number of nitrogens with one attached hydrogen (secondary N) is 2. The van der Waals surface area contributed by atoms with Crippen LogP contribution < -0.4 is 26.2 Å². The molecule has 236 valence electrons. The van der Waals surface area contributed by atoms with Crippen molar-refractivity contribution in [1.29, 1.82) is 0 Å². The van der Waals surface area contributed by atoms with E-state index in [0.717, 1.165) is 36.9 Å². The molecule has 0 spiro atoms. The van der Waals surface area contributed by atoms with Gasteiger partial charge < -0.3 is 15.4 Å². The molecule has 0 aliphatic carbocycles. The first-order chi connectivity index (χ1) is 21.3. The summed E-state index contributed by atoms with van der Waals surface area (Å²) in [6.07, 6.45) is -4.94. The number of piperidine rings is 3. The van der Waals surface area contributed by atoms with Crippen LogP contribution in [0.5, 0.6) is 5.75 Å². The van der Waals surface area contributed by atoms with E-state index in [4.69, 9.17) is 4.74 Å². The summed E-state index contributed by atoms with van der Waals surface area (Å²) >= 11 is 0. The molecule has 0 saturated carbocycles. The van der Waals surface area contributed by atoms with E-state index < -0.39 is 51.8 Å². The first-order valence-corrected chi connectivity index (χ1v) is 14.2. The van der Waals surface area contributed by atoms with Crippen molar-refractivity contribution in [3.63, 3.8) is 0 Å². The van der Waals surface area contributed by atoms with Gasteiger partial charge in [0.25, 0.3) is 10.9 Å². The lowest BCUT2D eigenvalue weighted by atomic mass is 9.73. The third-order valence-electron chi connectivity index (χ3n) is 8.92. The number of aromatic nitrogens is 1. The van der Waals surface area contributed by atoms with Crippen molar-refractivity contribution in [3.8, 4) is 5.75 Å². The molecule has 2 N–H and O–H groups in total. The van der Waals surface area contributed by atoms with Crippen molar-refractivity contribution in [2.24, 2.45) is 11.8 Å². The van der Waals surface area contributed by atoms with E-state index in [0.29, 0.717) is 29.3 Å². The summed E-state index contributed by atoms with van der Waals surface area (Å²) in [7, 11) is 1.52. The molecule has 4 aromatic rings. The predicted octanol–water partition coefficient (Wildman–Crippen LogP) is 6.67. The van der Waals surface area contributed by atoms with Gasteiger partial charge in [0.05, 0.1) is 29.8 Å². The van der Waals surface area contributed by atoms with Crippen LogP contribution >= 0.6 is 0 Å². The van der Waals surface area contributed by atoms with Crippen molar-refractivity contribution < 1.29 is 31.1 Å². The second kappa shape index (κ2) is 11.2. The van der Waals surface area contributed by atoms with Crippen LogP contribution in [0.2, 0.25) is 0 Å². The Labute approximate surface area is 253 Å². The number of fused-ring (bicyclic) bond motifs is 4. The molecule has 1 aromatic heterocycles. The summed E-state index contributed by atoms with van der Waals surface area (Å²) in [6.45, 7) is 5.48. The zero-order valence-electron chi connectivity index (χ0n) is 23.9. The molecule has 2 bridgehead atoms. The molecule has 1 unspecified atom stereocenters. The van der Waals surface area contributed by atoms with Gasteiger partial charge in [-0.05, 0) is 79.3 Å². The monoisotopic (exact) mass is 630 g/mol. The first-order valence-electron chi connectivity index (χ1n) is 14.2. The molecule has 7 nitrogen and oxygen atoms in total. The van der Waals surface area contributed by atoms with Crippen LogP contribution in [0.4, 0.5) is 43.4 Å². The summed E-state index contributed by atoms with van der Waals surface area (Å²) in [5.74, 6) is 1.16. The molecule has 0 amide bonds. The van der Waals surface area contributed by atoms with Gasteiger partial charge >= 0.3 is 12.4 Å². The first kappa shape index (κ1) is 30.6. The van der Waals surface area contributed by atoms with Crippen LogP contribution in [-0.4, -0.2) is 36.1 Å². The molecule has 3 aromatic carbocycles. The number of hydrogen-bond donors (Lipinski definition) is 2. The Morgan fingerprint density at radius 1 is 1.00 bits per heavy atom. The maximum absolute atomic E-state index is 13.5. The molecule has 3 aliphatic heterocycles. The normalized spacial score (nSPS) is 22.4. The molecule has 45 heavy (non-hydrogen) atoms. The Kier molecular flexibility index (Phi) is 7.62. The van der Waals surface area contributed by atoms with E-state index in [1.54, 1.807) is 30.5 Å². The molecule has 13 heteroatoms.